The number of rotatable bonds is 5. The number of anilines is 1. The number of carbonyl (C=O) groups excluding carboxylic acids is 2. The molecule has 5 heteroatoms. The van der Waals surface area contributed by atoms with Gasteiger partial charge in [-0.25, -0.2) is 4.79 Å². The third-order valence-electron chi connectivity index (χ3n) is 4.34. The highest BCUT2D eigenvalue weighted by Crippen LogP contribution is 2.31. The van der Waals surface area contributed by atoms with Gasteiger partial charge in [0.15, 0.2) is 6.61 Å². The Morgan fingerprint density at radius 2 is 1.88 bits per heavy atom. The van der Waals surface area contributed by atoms with Crippen LogP contribution in [0, 0.1) is 0 Å². The summed E-state index contributed by atoms with van der Waals surface area (Å²) in [6.07, 6.45) is 3.77. The quantitative estimate of drug-likeness (QED) is 0.613. The summed E-state index contributed by atoms with van der Waals surface area (Å²) >= 11 is 0. The van der Waals surface area contributed by atoms with E-state index in [1.807, 2.05) is 43.3 Å². The number of fused-ring (bicyclic) bond motifs is 1. The number of nitrogens with zero attached hydrogens (tertiary/aromatic N) is 1. The molecule has 0 saturated carbocycles. The molecule has 0 radical (unpaired) electrons. The third kappa shape index (κ3) is 3.94. The first-order chi connectivity index (χ1) is 12.6. The number of ether oxygens (including phenoxy) is 2. The summed E-state index contributed by atoms with van der Waals surface area (Å²) in [4.78, 5) is 26.1. The maximum Gasteiger partial charge on any atom is 0.331 e. The van der Waals surface area contributed by atoms with Crippen molar-refractivity contribution < 1.29 is 19.1 Å². The molecule has 2 aromatic carbocycles. The van der Waals surface area contributed by atoms with Crippen molar-refractivity contribution in [3.8, 4) is 5.75 Å². The van der Waals surface area contributed by atoms with Crippen molar-refractivity contribution >= 4 is 23.6 Å². The maximum atomic E-state index is 12.5. The van der Waals surface area contributed by atoms with Crippen LogP contribution in [0.4, 0.5) is 5.69 Å². The van der Waals surface area contributed by atoms with Crippen LogP contribution in [-0.2, 0) is 20.7 Å². The first-order valence-electron chi connectivity index (χ1n) is 8.47. The fourth-order valence-corrected chi connectivity index (χ4v) is 3.08. The molecule has 0 aromatic heterocycles. The summed E-state index contributed by atoms with van der Waals surface area (Å²) in [6, 6.07) is 15.1. The number of methoxy groups -OCH3 is 1. The van der Waals surface area contributed by atoms with Gasteiger partial charge in [-0.2, -0.15) is 0 Å². The molecule has 0 bridgehead atoms. The molecule has 0 aliphatic carbocycles. The lowest BCUT2D eigenvalue weighted by atomic mass is 10.1. The van der Waals surface area contributed by atoms with Gasteiger partial charge in [-0.3, -0.25) is 4.79 Å². The van der Waals surface area contributed by atoms with Crippen molar-refractivity contribution in [2.24, 2.45) is 0 Å². The Bertz CT molecular complexity index is 826. The second-order valence-corrected chi connectivity index (χ2v) is 6.16. The average molecular weight is 351 g/mol. The molecule has 3 rings (SSSR count). The number of para-hydroxylation sites is 1. The number of hydrogen-bond acceptors (Lipinski definition) is 4. The fraction of sp³-hybridized carbons (Fsp3) is 0.238. The van der Waals surface area contributed by atoms with Crippen molar-refractivity contribution in [3.05, 3.63) is 65.7 Å². The minimum absolute atomic E-state index is 0.0634. The Morgan fingerprint density at radius 1 is 1.15 bits per heavy atom. The molecule has 2 aromatic rings. The van der Waals surface area contributed by atoms with E-state index in [2.05, 4.69) is 0 Å². The van der Waals surface area contributed by atoms with Crippen LogP contribution in [-0.4, -0.2) is 31.6 Å². The van der Waals surface area contributed by atoms with Crippen LogP contribution < -0.4 is 9.64 Å². The van der Waals surface area contributed by atoms with Crippen molar-refractivity contribution in [1.29, 1.82) is 0 Å². The van der Waals surface area contributed by atoms with Crippen LogP contribution in [0.1, 0.15) is 18.1 Å². The van der Waals surface area contributed by atoms with Gasteiger partial charge in [0.25, 0.3) is 5.91 Å². The van der Waals surface area contributed by atoms with Gasteiger partial charge in [0.1, 0.15) is 5.75 Å². The standard InChI is InChI=1S/C21H21NO4/c1-15-13-17-5-3-4-6-19(17)22(15)20(23)14-26-21(24)12-9-16-7-10-18(25-2)11-8-16/h3-12,15H,13-14H2,1-2H3/b12-9+/t15-/m0/s1. The zero-order valence-corrected chi connectivity index (χ0v) is 14.8. The highest BCUT2D eigenvalue weighted by molar-refractivity contribution is 5.98. The number of hydrogen-bond donors (Lipinski definition) is 0. The van der Waals surface area contributed by atoms with E-state index < -0.39 is 5.97 Å². The summed E-state index contributed by atoms with van der Waals surface area (Å²) in [5.41, 5.74) is 2.88. The van der Waals surface area contributed by atoms with E-state index in [1.165, 1.54) is 6.08 Å². The largest absolute Gasteiger partial charge is 0.497 e. The first kappa shape index (κ1) is 17.7. The summed E-state index contributed by atoms with van der Waals surface area (Å²) in [5.74, 6) is -0.0155. The first-order valence-corrected chi connectivity index (χ1v) is 8.47. The molecular formula is C21H21NO4. The van der Waals surface area contributed by atoms with Gasteiger partial charge in [-0.15, -0.1) is 0 Å². The van der Waals surface area contributed by atoms with E-state index >= 15 is 0 Å². The molecule has 134 valence electrons. The molecule has 0 saturated heterocycles. The van der Waals surface area contributed by atoms with Crippen LogP contribution >= 0.6 is 0 Å². The number of benzene rings is 2. The molecule has 1 aliphatic heterocycles. The van der Waals surface area contributed by atoms with Crippen LogP contribution in [0.3, 0.4) is 0 Å². The average Bonchev–Trinajstić information content (AvgIpc) is 3.00. The number of carbonyl (C=O) groups is 2. The van der Waals surface area contributed by atoms with E-state index in [0.29, 0.717) is 0 Å². The van der Waals surface area contributed by atoms with Gasteiger partial charge in [-0.05, 0) is 48.7 Å². The van der Waals surface area contributed by atoms with Crippen molar-refractivity contribution in [2.75, 3.05) is 18.6 Å². The van der Waals surface area contributed by atoms with E-state index in [4.69, 9.17) is 9.47 Å². The SMILES string of the molecule is COc1ccc(/C=C/C(=O)OCC(=O)N2c3ccccc3C[C@@H]2C)cc1. The summed E-state index contributed by atoms with van der Waals surface area (Å²) < 4.78 is 10.2. The van der Waals surface area contributed by atoms with Gasteiger partial charge in [0, 0.05) is 17.8 Å². The lowest BCUT2D eigenvalue weighted by molar-refractivity contribution is -0.143. The predicted molar refractivity (Wildman–Crippen MR) is 100 cm³/mol. The molecule has 1 amide bonds. The van der Waals surface area contributed by atoms with E-state index in [1.54, 1.807) is 30.2 Å². The smallest absolute Gasteiger partial charge is 0.331 e. The predicted octanol–water partition coefficient (Wildman–Crippen LogP) is 3.23. The van der Waals surface area contributed by atoms with Crippen molar-refractivity contribution in [1.82, 2.24) is 0 Å². The number of amides is 1. The zero-order chi connectivity index (χ0) is 18.5. The molecule has 1 aliphatic rings. The highest BCUT2D eigenvalue weighted by Gasteiger charge is 2.30. The Balaban J connectivity index is 1.55. The molecule has 0 unspecified atom stereocenters. The van der Waals surface area contributed by atoms with E-state index in [-0.39, 0.29) is 18.6 Å². The molecule has 0 fully saturated rings. The van der Waals surface area contributed by atoms with E-state index in [9.17, 15) is 9.59 Å². The van der Waals surface area contributed by atoms with Crippen molar-refractivity contribution in [3.63, 3.8) is 0 Å². The highest BCUT2D eigenvalue weighted by atomic mass is 16.5. The van der Waals surface area contributed by atoms with Gasteiger partial charge < -0.3 is 14.4 Å². The van der Waals surface area contributed by atoms with Gasteiger partial charge >= 0.3 is 5.97 Å². The third-order valence-corrected chi connectivity index (χ3v) is 4.34. The Labute approximate surface area is 152 Å². The van der Waals surface area contributed by atoms with Crippen molar-refractivity contribution in [2.45, 2.75) is 19.4 Å². The minimum atomic E-state index is -0.547. The Morgan fingerprint density at radius 3 is 2.62 bits per heavy atom. The lowest BCUT2D eigenvalue weighted by Crippen LogP contribution is -2.38. The van der Waals surface area contributed by atoms with Gasteiger partial charge in [0.2, 0.25) is 0 Å². The molecule has 0 spiro atoms. The lowest BCUT2D eigenvalue weighted by Gasteiger charge is -2.22. The molecule has 1 heterocycles. The molecule has 26 heavy (non-hydrogen) atoms. The summed E-state index contributed by atoms with van der Waals surface area (Å²) in [6.45, 7) is 1.72. The Hall–Kier alpha value is -3.08. The van der Waals surface area contributed by atoms with Gasteiger partial charge in [0.05, 0.1) is 7.11 Å². The van der Waals surface area contributed by atoms with Crippen LogP contribution in [0.5, 0.6) is 5.75 Å². The van der Waals surface area contributed by atoms with Gasteiger partial charge in [-0.1, -0.05) is 30.3 Å². The second kappa shape index (κ2) is 7.87. The van der Waals surface area contributed by atoms with Crippen LogP contribution in [0.25, 0.3) is 6.08 Å². The van der Waals surface area contributed by atoms with E-state index in [0.717, 1.165) is 29.0 Å². The molecule has 5 nitrogen and oxygen atoms in total. The minimum Gasteiger partial charge on any atom is -0.497 e. The summed E-state index contributed by atoms with van der Waals surface area (Å²) in [5, 5.41) is 0. The topological polar surface area (TPSA) is 55.8 Å². The summed E-state index contributed by atoms with van der Waals surface area (Å²) in [7, 11) is 1.60. The molecular weight excluding hydrogens is 330 g/mol. The molecule has 0 N–H and O–H groups in total. The van der Waals surface area contributed by atoms with Crippen LogP contribution in [0.2, 0.25) is 0 Å². The monoisotopic (exact) mass is 351 g/mol. The fourth-order valence-electron chi connectivity index (χ4n) is 3.08. The number of esters is 1. The second-order valence-electron chi connectivity index (χ2n) is 6.16. The van der Waals surface area contributed by atoms with Crippen LogP contribution in [0.15, 0.2) is 54.6 Å². The Kier molecular flexibility index (Phi) is 5.37. The maximum absolute atomic E-state index is 12.5. The molecule has 1 atom stereocenters. The zero-order valence-electron chi connectivity index (χ0n) is 14.8. The normalized spacial score (nSPS) is 15.8.